The molecule has 1 unspecified atom stereocenters. The zero-order valence-electron chi connectivity index (χ0n) is 12.8. The molecule has 0 spiro atoms. The summed E-state index contributed by atoms with van der Waals surface area (Å²) >= 11 is 0. The van der Waals surface area contributed by atoms with Gasteiger partial charge in [-0.1, -0.05) is 13.3 Å². The predicted octanol–water partition coefficient (Wildman–Crippen LogP) is 2.57. The summed E-state index contributed by atoms with van der Waals surface area (Å²) in [5, 5.41) is 22.7. The maximum absolute atomic E-state index is 13.4. The van der Waals surface area contributed by atoms with Gasteiger partial charge in [-0.25, -0.2) is 4.39 Å². The minimum atomic E-state index is -0.686. The van der Waals surface area contributed by atoms with Crippen molar-refractivity contribution in [2.24, 2.45) is 5.92 Å². The number of nitro benzene ring substituents is 1. The van der Waals surface area contributed by atoms with E-state index >= 15 is 0 Å². The van der Waals surface area contributed by atoms with Crippen LogP contribution < -0.4 is 5.32 Å². The van der Waals surface area contributed by atoms with Gasteiger partial charge in [0.15, 0.2) is 0 Å². The average Bonchev–Trinajstić information content (AvgIpc) is 2.43. The predicted molar refractivity (Wildman–Crippen MR) is 80.2 cm³/mol. The third kappa shape index (κ3) is 4.77. The lowest BCUT2D eigenvalue weighted by molar-refractivity contribution is -0.385. The van der Waals surface area contributed by atoms with Gasteiger partial charge in [-0.15, -0.1) is 0 Å². The van der Waals surface area contributed by atoms with Crippen molar-refractivity contribution >= 4 is 11.6 Å². The van der Waals surface area contributed by atoms with E-state index < -0.39 is 16.6 Å². The Balaban J connectivity index is 2.91. The van der Waals surface area contributed by atoms with E-state index in [0.29, 0.717) is 13.0 Å². The molecule has 1 atom stereocenters. The van der Waals surface area contributed by atoms with Crippen LogP contribution >= 0.6 is 0 Å². The average molecular weight is 312 g/mol. The van der Waals surface area contributed by atoms with E-state index in [1.807, 2.05) is 6.92 Å². The van der Waals surface area contributed by atoms with Crippen molar-refractivity contribution in [2.75, 3.05) is 13.2 Å². The summed E-state index contributed by atoms with van der Waals surface area (Å²) in [5.41, 5.74) is -0.550. The van der Waals surface area contributed by atoms with Crippen molar-refractivity contribution in [2.45, 2.75) is 33.1 Å². The van der Waals surface area contributed by atoms with Gasteiger partial charge in [-0.05, 0) is 37.8 Å². The molecule has 0 bridgehead atoms. The van der Waals surface area contributed by atoms with Crippen molar-refractivity contribution in [3.8, 4) is 0 Å². The number of aryl methyl sites for hydroxylation is 1. The first kappa shape index (κ1) is 18.0. The van der Waals surface area contributed by atoms with Crippen molar-refractivity contribution < 1.29 is 19.2 Å². The standard InChI is InChI=1S/C15H21FN2O4/c1-3-4-11(5-6-19)9-17-15(20)13-8-12(16)7-10(2)14(13)18(21)22/h7-8,11,19H,3-6,9H2,1-2H3,(H,17,20). The van der Waals surface area contributed by atoms with Crippen LogP contribution in [0.3, 0.4) is 0 Å². The van der Waals surface area contributed by atoms with Crippen LogP contribution in [0, 0.1) is 28.8 Å². The SMILES string of the molecule is CCCC(CCO)CNC(=O)c1cc(F)cc(C)c1[N+](=O)[O-]. The highest BCUT2D eigenvalue weighted by Crippen LogP contribution is 2.24. The zero-order valence-corrected chi connectivity index (χ0v) is 12.8. The molecule has 0 aliphatic heterocycles. The van der Waals surface area contributed by atoms with Crippen LogP contribution in [0.25, 0.3) is 0 Å². The van der Waals surface area contributed by atoms with Crippen LogP contribution in [-0.4, -0.2) is 29.1 Å². The zero-order chi connectivity index (χ0) is 16.7. The normalized spacial score (nSPS) is 12.0. The Labute approximate surface area is 128 Å². The molecular formula is C15H21FN2O4. The van der Waals surface area contributed by atoms with Crippen LogP contribution in [0.4, 0.5) is 10.1 Å². The molecule has 0 saturated heterocycles. The quantitative estimate of drug-likeness (QED) is 0.570. The molecule has 0 aromatic heterocycles. The summed E-state index contributed by atoms with van der Waals surface area (Å²) in [4.78, 5) is 22.5. The number of aliphatic hydroxyl groups is 1. The Kier molecular flexibility index (Phi) is 6.91. The fourth-order valence-corrected chi connectivity index (χ4v) is 2.42. The van der Waals surface area contributed by atoms with Crippen LogP contribution in [0.2, 0.25) is 0 Å². The number of hydrogen-bond acceptors (Lipinski definition) is 4. The van der Waals surface area contributed by atoms with Crippen molar-refractivity contribution in [1.82, 2.24) is 5.32 Å². The lowest BCUT2D eigenvalue weighted by Crippen LogP contribution is -2.30. The fraction of sp³-hybridized carbons (Fsp3) is 0.533. The third-order valence-electron chi connectivity index (χ3n) is 3.48. The van der Waals surface area contributed by atoms with Gasteiger partial charge in [0, 0.05) is 18.7 Å². The molecule has 0 heterocycles. The number of amides is 1. The van der Waals surface area contributed by atoms with Gasteiger partial charge in [-0.3, -0.25) is 14.9 Å². The lowest BCUT2D eigenvalue weighted by atomic mass is 10.00. The molecule has 0 fully saturated rings. The fourth-order valence-electron chi connectivity index (χ4n) is 2.42. The number of carbonyl (C=O) groups is 1. The molecule has 1 amide bonds. The molecule has 2 N–H and O–H groups in total. The van der Waals surface area contributed by atoms with Gasteiger partial charge in [0.1, 0.15) is 11.4 Å². The smallest absolute Gasteiger partial charge is 0.285 e. The maximum Gasteiger partial charge on any atom is 0.285 e. The highest BCUT2D eigenvalue weighted by Gasteiger charge is 2.24. The van der Waals surface area contributed by atoms with E-state index in [4.69, 9.17) is 5.11 Å². The monoisotopic (exact) mass is 312 g/mol. The van der Waals surface area contributed by atoms with Gasteiger partial charge in [0.2, 0.25) is 0 Å². The Morgan fingerprint density at radius 2 is 2.14 bits per heavy atom. The third-order valence-corrected chi connectivity index (χ3v) is 3.48. The number of rotatable bonds is 8. The molecule has 122 valence electrons. The Bertz CT molecular complexity index is 543. The second-order valence-electron chi connectivity index (χ2n) is 5.25. The molecule has 22 heavy (non-hydrogen) atoms. The van der Waals surface area contributed by atoms with E-state index in [9.17, 15) is 19.3 Å². The number of aliphatic hydroxyl groups excluding tert-OH is 1. The summed E-state index contributed by atoms with van der Waals surface area (Å²) < 4.78 is 13.4. The van der Waals surface area contributed by atoms with Gasteiger partial charge >= 0.3 is 0 Å². The Morgan fingerprint density at radius 1 is 1.45 bits per heavy atom. The van der Waals surface area contributed by atoms with Crippen molar-refractivity contribution in [1.29, 1.82) is 0 Å². The van der Waals surface area contributed by atoms with Gasteiger partial charge in [-0.2, -0.15) is 0 Å². The number of halogens is 1. The minimum Gasteiger partial charge on any atom is -0.396 e. The van der Waals surface area contributed by atoms with Crippen LogP contribution in [-0.2, 0) is 0 Å². The van der Waals surface area contributed by atoms with Gasteiger partial charge in [0.25, 0.3) is 11.6 Å². The van der Waals surface area contributed by atoms with E-state index in [0.717, 1.165) is 25.0 Å². The van der Waals surface area contributed by atoms with E-state index in [1.54, 1.807) is 0 Å². The summed E-state index contributed by atoms with van der Waals surface area (Å²) in [6.45, 7) is 3.69. The number of hydrogen-bond donors (Lipinski definition) is 2. The van der Waals surface area contributed by atoms with Crippen LogP contribution in [0.5, 0.6) is 0 Å². The molecule has 1 aromatic carbocycles. The van der Waals surface area contributed by atoms with Crippen LogP contribution in [0.15, 0.2) is 12.1 Å². The Morgan fingerprint density at radius 3 is 2.68 bits per heavy atom. The number of nitrogens with zero attached hydrogens (tertiary/aromatic N) is 1. The van der Waals surface area contributed by atoms with Gasteiger partial charge in [0.05, 0.1) is 4.92 Å². The molecule has 1 aromatic rings. The van der Waals surface area contributed by atoms with Crippen molar-refractivity contribution in [3.05, 3.63) is 39.2 Å². The molecule has 6 nitrogen and oxygen atoms in total. The van der Waals surface area contributed by atoms with Crippen molar-refractivity contribution in [3.63, 3.8) is 0 Å². The largest absolute Gasteiger partial charge is 0.396 e. The maximum atomic E-state index is 13.4. The highest BCUT2D eigenvalue weighted by atomic mass is 19.1. The summed E-state index contributed by atoms with van der Waals surface area (Å²) in [7, 11) is 0. The van der Waals surface area contributed by atoms with Gasteiger partial charge < -0.3 is 10.4 Å². The molecule has 7 heteroatoms. The molecule has 0 saturated carbocycles. The number of nitro groups is 1. The molecule has 0 radical (unpaired) electrons. The van der Waals surface area contributed by atoms with Crippen LogP contribution in [0.1, 0.15) is 42.1 Å². The summed E-state index contributed by atoms with van der Waals surface area (Å²) in [6.07, 6.45) is 2.27. The first-order chi connectivity index (χ1) is 10.4. The van der Waals surface area contributed by atoms with E-state index in [1.165, 1.54) is 6.92 Å². The lowest BCUT2D eigenvalue weighted by Gasteiger charge is -2.16. The second-order valence-corrected chi connectivity index (χ2v) is 5.25. The highest BCUT2D eigenvalue weighted by molar-refractivity contribution is 5.98. The Hall–Kier alpha value is -2.02. The molecule has 0 aliphatic rings. The van der Waals surface area contributed by atoms with E-state index in [-0.39, 0.29) is 29.3 Å². The topological polar surface area (TPSA) is 92.5 Å². The molecular weight excluding hydrogens is 291 g/mol. The molecule has 0 aliphatic carbocycles. The minimum absolute atomic E-state index is 0.0136. The number of nitrogens with one attached hydrogen (secondary N) is 1. The number of benzene rings is 1. The number of carbonyl (C=O) groups excluding carboxylic acids is 1. The first-order valence-electron chi connectivity index (χ1n) is 7.24. The van der Waals surface area contributed by atoms with E-state index in [2.05, 4.69) is 5.32 Å². The first-order valence-corrected chi connectivity index (χ1v) is 7.24. The summed E-state index contributed by atoms with van der Waals surface area (Å²) in [5.74, 6) is -1.27. The summed E-state index contributed by atoms with van der Waals surface area (Å²) in [6, 6.07) is 1.90. The molecule has 1 rings (SSSR count). The second kappa shape index (κ2) is 8.43.